The molecule has 0 saturated heterocycles. The van der Waals surface area contributed by atoms with Crippen molar-refractivity contribution in [3.05, 3.63) is 35.6 Å². The average molecular weight is 235 g/mol. The molecule has 0 saturated carbocycles. The average Bonchev–Trinajstić information content (AvgIpc) is 2.29. The van der Waals surface area contributed by atoms with Crippen molar-refractivity contribution in [3.63, 3.8) is 0 Å². The molecule has 1 N–H and O–H groups in total. The summed E-state index contributed by atoms with van der Waals surface area (Å²) in [7, 11) is 2.08. The van der Waals surface area contributed by atoms with Crippen LogP contribution in [0.5, 0.6) is 0 Å². The van der Waals surface area contributed by atoms with Crippen molar-refractivity contribution in [2.45, 2.75) is 40.2 Å². The van der Waals surface area contributed by atoms with Crippen molar-refractivity contribution < 1.29 is 5.11 Å². The SMILES string of the molecule is CN(CC1=C(O)C=CC(C)(C)C=C1)C(C)(C)C. The Bertz CT molecular complexity index is 367. The minimum Gasteiger partial charge on any atom is -0.508 e. The van der Waals surface area contributed by atoms with E-state index in [1.807, 2.05) is 18.2 Å². The predicted octanol–water partition coefficient (Wildman–Crippen LogP) is 3.68. The Hall–Kier alpha value is -1.02. The normalized spacial score (nSPS) is 19.9. The molecular formula is C15H25NO. The zero-order chi connectivity index (χ0) is 13.3. The van der Waals surface area contributed by atoms with Crippen LogP contribution in [0, 0.1) is 5.41 Å². The Morgan fingerprint density at radius 1 is 1.18 bits per heavy atom. The molecule has 0 aromatic rings. The third-order valence-electron chi connectivity index (χ3n) is 3.27. The van der Waals surface area contributed by atoms with Gasteiger partial charge >= 0.3 is 0 Å². The fourth-order valence-corrected chi connectivity index (χ4v) is 1.48. The molecule has 0 aromatic carbocycles. The maximum absolute atomic E-state index is 10.0. The number of rotatable bonds is 2. The molecule has 0 fully saturated rings. The quantitative estimate of drug-likeness (QED) is 0.789. The fourth-order valence-electron chi connectivity index (χ4n) is 1.48. The molecule has 0 aliphatic heterocycles. The molecule has 2 nitrogen and oxygen atoms in total. The molecule has 0 atom stereocenters. The van der Waals surface area contributed by atoms with E-state index < -0.39 is 0 Å². The van der Waals surface area contributed by atoms with Crippen LogP contribution < -0.4 is 0 Å². The molecular weight excluding hydrogens is 210 g/mol. The van der Waals surface area contributed by atoms with E-state index in [4.69, 9.17) is 0 Å². The van der Waals surface area contributed by atoms with Crippen LogP contribution in [0.4, 0.5) is 0 Å². The zero-order valence-corrected chi connectivity index (χ0v) is 11.9. The number of aliphatic hydroxyl groups excluding tert-OH is 1. The standard InChI is InChI=1S/C15H25NO/c1-14(2,3)16(6)11-12-7-9-15(4,5)10-8-13(12)17/h7-10,17H,11H2,1-6H3. The van der Waals surface area contributed by atoms with Gasteiger partial charge in [0.15, 0.2) is 0 Å². The first kappa shape index (κ1) is 14.0. The molecule has 96 valence electrons. The van der Waals surface area contributed by atoms with Crippen molar-refractivity contribution >= 4 is 0 Å². The molecule has 17 heavy (non-hydrogen) atoms. The number of hydrogen-bond acceptors (Lipinski definition) is 2. The second-order valence-corrected chi connectivity index (χ2v) is 6.43. The van der Waals surface area contributed by atoms with Gasteiger partial charge in [-0.25, -0.2) is 0 Å². The number of allylic oxidation sites excluding steroid dienone is 3. The monoisotopic (exact) mass is 235 g/mol. The van der Waals surface area contributed by atoms with Crippen LogP contribution in [0.25, 0.3) is 0 Å². The summed E-state index contributed by atoms with van der Waals surface area (Å²) in [6, 6.07) is 0. The third-order valence-corrected chi connectivity index (χ3v) is 3.27. The summed E-state index contributed by atoms with van der Waals surface area (Å²) in [4.78, 5) is 2.23. The van der Waals surface area contributed by atoms with Gasteiger partial charge in [0, 0.05) is 23.1 Å². The van der Waals surface area contributed by atoms with Gasteiger partial charge in [0.25, 0.3) is 0 Å². The van der Waals surface area contributed by atoms with Crippen LogP contribution in [0.2, 0.25) is 0 Å². The Kier molecular flexibility index (Phi) is 3.88. The Morgan fingerprint density at radius 2 is 1.71 bits per heavy atom. The second-order valence-electron chi connectivity index (χ2n) is 6.43. The van der Waals surface area contributed by atoms with E-state index >= 15 is 0 Å². The van der Waals surface area contributed by atoms with E-state index in [0.29, 0.717) is 5.76 Å². The van der Waals surface area contributed by atoms with Crippen molar-refractivity contribution in [1.29, 1.82) is 0 Å². The lowest BCUT2D eigenvalue weighted by molar-refractivity contribution is 0.190. The molecule has 0 amide bonds. The molecule has 0 bridgehead atoms. The van der Waals surface area contributed by atoms with Crippen molar-refractivity contribution in [3.8, 4) is 0 Å². The molecule has 0 radical (unpaired) electrons. The van der Waals surface area contributed by atoms with Crippen molar-refractivity contribution in [2.75, 3.05) is 13.6 Å². The molecule has 1 rings (SSSR count). The van der Waals surface area contributed by atoms with Crippen LogP contribution in [0.3, 0.4) is 0 Å². The second kappa shape index (κ2) is 4.69. The lowest BCUT2D eigenvalue weighted by Crippen LogP contribution is -2.39. The van der Waals surface area contributed by atoms with E-state index in [0.717, 1.165) is 12.1 Å². The van der Waals surface area contributed by atoms with Gasteiger partial charge in [0.2, 0.25) is 0 Å². The maximum Gasteiger partial charge on any atom is 0.119 e. The molecule has 2 heteroatoms. The van der Waals surface area contributed by atoms with Gasteiger partial charge < -0.3 is 5.11 Å². The first-order valence-electron chi connectivity index (χ1n) is 6.14. The highest BCUT2D eigenvalue weighted by Crippen LogP contribution is 2.25. The van der Waals surface area contributed by atoms with E-state index in [1.54, 1.807) is 0 Å². The number of nitrogens with zero attached hydrogens (tertiary/aromatic N) is 1. The topological polar surface area (TPSA) is 23.5 Å². The highest BCUT2D eigenvalue weighted by molar-refractivity contribution is 5.35. The summed E-state index contributed by atoms with van der Waals surface area (Å²) in [6.45, 7) is 11.5. The molecule has 0 aromatic heterocycles. The molecule has 1 aliphatic rings. The highest BCUT2D eigenvalue weighted by Gasteiger charge is 2.20. The Balaban J connectivity index is 2.89. The van der Waals surface area contributed by atoms with E-state index in [2.05, 4.69) is 52.6 Å². The van der Waals surface area contributed by atoms with Gasteiger partial charge in [0.1, 0.15) is 5.76 Å². The molecule has 0 unspecified atom stereocenters. The molecule has 1 aliphatic carbocycles. The Morgan fingerprint density at radius 3 is 2.24 bits per heavy atom. The summed E-state index contributed by atoms with van der Waals surface area (Å²) < 4.78 is 0. The molecule has 0 spiro atoms. The van der Waals surface area contributed by atoms with E-state index in [-0.39, 0.29) is 11.0 Å². The van der Waals surface area contributed by atoms with Crippen LogP contribution in [-0.4, -0.2) is 29.1 Å². The Labute approximate surface area is 105 Å². The zero-order valence-electron chi connectivity index (χ0n) is 11.9. The van der Waals surface area contributed by atoms with Gasteiger partial charge in [-0.05, 0) is 33.9 Å². The van der Waals surface area contributed by atoms with Crippen LogP contribution >= 0.6 is 0 Å². The van der Waals surface area contributed by atoms with Gasteiger partial charge in [-0.1, -0.05) is 32.1 Å². The van der Waals surface area contributed by atoms with E-state index in [9.17, 15) is 5.11 Å². The smallest absolute Gasteiger partial charge is 0.119 e. The summed E-state index contributed by atoms with van der Waals surface area (Å²) in [5, 5.41) is 10.0. The van der Waals surface area contributed by atoms with Gasteiger partial charge in [0.05, 0.1) is 0 Å². The highest BCUT2D eigenvalue weighted by atomic mass is 16.3. The van der Waals surface area contributed by atoms with Gasteiger partial charge in [-0.3, -0.25) is 4.90 Å². The van der Waals surface area contributed by atoms with Crippen LogP contribution in [0.1, 0.15) is 34.6 Å². The molecule has 0 heterocycles. The summed E-state index contributed by atoms with van der Waals surface area (Å²) in [5.41, 5.74) is 1.09. The van der Waals surface area contributed by atoms with Crippen LogP contribution in [-0.2, 0) is 0 Å². The summed E-state index contributed by atoms with van der Waals surface area (Å²) in [5.74, 6) is 0.378. The fraction of sp³-hybridized carbons (Fsp3) is 0.600. The van der Waals surface area contributed by atoms with Crippen molar-refractivity contribution in [1.82, 2.24) is 4.90 Å². The lowest BCUT2D eigenvalue weighted by Gasteiger charge is -2.32. The minimum absolute atomic E-state index is 0.00995. The summed E-state index contributed by atoms with van der Waals surface area (Å²) >= 11 is 0. The van der Waals surface area contributed by atoms with Crippen molar-refractivity contribution in [2.24, 2.45) is 5.41 Å². The minimum atomic E-state index is 0.00995. The van der Waals surface area contributed by atoms with Gasteiger partial charge in [-0.15, -0.1) is 0 Å². The number of likely N-dealkylation sites (N-methyl/N-ethyl adjacent to an activating group) is 1. The predicted molar refractivity (Wildman–Crippen MR) is 74.1 cm³/mol. The largest absolute Gasteiger partial charge is 0.508 e. The van der Waals surface area contributed by atoms with Crippen LogP contribution in [0.15, 0.2) is 35.6 Å². The number of aliphatic hydroxyl groups is 1. The maximum atomic E-state index is 10.0. The first-order valence-corrected chi connectivity index (χ1v) is 6.14. The first-order chi connectivity index (χ1) is 7.62. The van der Waals surface area contributed by atoms with Gasteiger partial charge in [-0.2, -0.15) is 0 Å². The number of hydrogen-bond donors (Lipinski definition) is 1. The summed E-state index contributed by atoms with van der Waals surface area (Å²) in [6.07, 6.45) is 8.02. The lowest BCUT2D eigenvalue weighted by atomic mass is 9.93. The third kappa shape index (κ3) is 4.04. The van der Waals surface area contributed by atoms with E-state index in [1.165, 1.54) is 0 Å².